The second-order valence-corrected chi connectivity index (χ2v) is 5.84. The summed E-state index contributed by atoms with van der Waals surface area (Å²) in [7, 11) is 2.03. The Hall–Kier alpha value is -1.10. The summed E-state index contributed by atoms with van der Waals surface area (Å²) in [5.74, 6) is 0. The fraction of sp³-hybridized carbons (Fsp3) is 0.154. The lowest BCUT2D eigenvalue weighted by molar-refractivity contribution is 0.940. The van der Waals surface area contributed by atoms with E-state index in [9.17, 15) is 0 Å². The topological polar surface area (TPSA) is 29.3 Å². The quantitative estimate of drug-likeness (QED) is 0.873. The summed E-state index contributed by atoms with van der Waals surface area (Å²) in [4.78, 5) is 3.78. The maximum Gasteiger partial charge on any atom is 0.105 e. The highest BCUT2D eigenvalue weighted by molar-refractivity contribution is 7.80. The minimum Gasteiger partial charge on any atom is -0.389 e. The van der Waals surface area contributed by atoms with E-state index >= 15 is 0 Å². The van der Waals surface area contributed by atoms with E-state index < -0.39 is 0 Å². The molecule has 0 bridgehead atoms. The Bertz CT molecular complexity index is 552. The van der Waals surface area contributed by atoms with Gasteiger partial charge in [-0.05, 0) is 29.6 Å². The average Bonchev–Trinajstić information content (AvgIpc) is 2.81. The molecule has 94 valence electrons. The zero-order valence-corrected chi connectivity index (χ0v) is 12.3. The highest BCUT2D eigenvalue weighted by atomic mass is 35.5. The largest absolute Gasteiger partial charge is 0.389 e. The molecule has 0 fully saturated rings. The highest BCUT2D eigenvalue weighted by Crippen LogP contribution is 2.24. The molecule has 0 aliphatic rings. The molecule has 0 saturated carbocycles. The molecule has 2 rings (SSSR count). The molecule has 0 amide bonds. The van der Waals surface area contributed by atoms with E-state index in [0.29, 0.717) is 10.0 Å². The van der Waals surface area contributed by atoms with Gasteiger partial charge in [-0.1, -0.05) is 29.9 Å². The van der Waals surface area contributed by atoms with Gasteiger partial charge in [-0.3, -0.25) is 0 Å². The molecule has 2 nitrogen and oxygen atoms in total. The summed E-state index contributed by atoms with van der Waals surface area (Å²) in [6.45, 7) is 0.862. The minimum absolute atomic E-state index is 0.326. The molecule has 2 aromatic rings. The Morgan fingerprint density at radius 1 is 1.44 bits per heavy atom. The lowest BCUT2D eigenvalue weighted by Gasteiger charge is -2.19. The van der Waals surface area contributed by atoms with Crippen LogP contribution >= 0.6 is 35.2 Å². The van der Waals surface area contributed by atoms with Crippen molar-refractivity contribution in [2.24, 2.45) is 5.73 Å². The van der Waals surface area contributed by atoms with E-state index in [4.69, 9.17) is 29.6 Å². The first-order valence-corrected chi connectivity index (χ1v) is 7.07. The molecular weight excluding hydrogens is 284 g/mol. The van der Waals surface area contributed by atoms with E-state index in [1.165, 1.54) is 4.88 Å². The van der Waals surface area contributed by atoms with E-state index in [1.54, 1.807) is 11.3 Å². The van der Waals surface area contributed by atoms with Crippen LogP contribution in [0.3, 0.4) is 0 Å². The molecule has 1 aromatic carbocycles. The van der Waals surface area contributed by atoms with Crippen LogP contribution in [0.4, 0.5) is 5.69 Å². The van der Waals surface area contributed by atoms with E-state index in [-0.39, 0.29) is 0 Å². The van der Waals surface area contributed by atoms with Gasteiger partial charge < -0.3 is 10.6 Å². The van der Waals surface area contributed by atoms with Crippen LogP contribution < -0.4 is 10.6 Å². The van der Waals surface area contributed by atoms with Crippen LogP contribution in [-0.2, 0) is 6.54 Å². The van der Waals surface area contributed by atoms with Gasteiger partial charge in [0.15, 0.2) is 0 Å². The number of benzene rings is 1. The van der Waals surface area contributed by atoms with Crippen molar-refractivity contribution < 1.29 is 0 Å². The number of nitrogens with zero attached hydrogens (tertiary/aromatic N) is 1. The van der Waals surface area contributed by atoms with Gasteiger partial charge in [-0.15, -0.1) is 11.3 Å². The van der Waals surface area contributed by atoms with E-state index in [1.807, 2.05) is 25.2 Å². The predicted molar refractivity (Wildman–Crippen MR) is 83.8 cm³/mol. The molecule has 1 heterocycles. The summed E-state index contributed by atoms with van der Waals surface area (Å²) in [5.41, 5.74) is 7.36. The Morgan fingerprint density at radius 2 is 2.22 bits per heavy atom. The maximum atomic E-state index is 6.16. The first-order chi connectivity index (χ1) is 8.58. The molecule has 0 radical (unpaired) electrons. The number of hydrogen-bond acceptors (Lipinski definition) is 3. The van der Waals surface area contributed by atoms with Crippen LogP contribution in [-0.4, -0.2) is 12.0 Å². The maximum absolute atomic E-state index is 6.16. The number of thiophene rings is 1. The number of hydrogen-bond donors (Lipinski definition) is 1. The van der Waals surface area contributed by atoms with Crippen molar-refractivity contribution in [3.8, 4) is 0 Å². The number of nitrogens with two attached hydrogens (primary N) is 1. The average molecular weight is 297 g/mol. The fourth-order valence-corrected chi connectivity index (χ4v) is 2.94. The first kappa shape index (κ1) is 13.3. The number of rotatable bonds is 4. The van der Waals surface area contributed by atoms with Crippen LogP contribution in [0.25, 0.3) is 0 Å². The summed E-state index contributed by atoms with van der Waals surface area (Å²) >= 11 is 12.8. The van der Waals surface area contributed by atoms with Gasteiger partial charge in [0.1, 0.15) is 4.99 Å². The second kappa shape index (κ2) is 5.69. The van der Waals surface area contributed by atoms with Crippen molar-refractivity contribution in [3.05, 3.63) is 51.2 Å². The van der Waals surface area contributed by atoms with Crippen LogP contribution in [0.2, 0.25) is 5.02 Å². The van der Waals surface area contributed by atoms with Crippen LogP contribution in [0.15, 0.2) is 35.7 Å². The summed E-state index contributed by atoms with van der Waals surface area (Å²) in [6, 6.07) is 9.91. The van der Waals surface area contributed by atoms with Gasteiger partial charge in [-0.25, -0.2) is 0 Å². The Morgan fingerprint density at radius 3 is 2.78 bits per heavy atom. The molecule has 18 heavy (non-hydrogen) atoms. The van der Waals surface area contributed by atoms with Gasteiger partial charge in [0.25, 0.3) is 0 Å². The predicted octanol–water partition coefficient (Wildman–Crippen LogP) is 3.67. The van der Waals surface area contributed by atoms with Crippen molar-refractivity contribution >= 4 is 45.8 Å². The Balaban J connectivity index is 2.18. The third-order valence-electron chi connectivity index (χ3n) is 2.63. The summed E-state index contributed by atoms with van der Waals surface area (Å²) in [5, 5.41) is 2.67. The molecule has 2 N–H and O–H groups in total. The zero-order chi connectivity index (χ0) is 13.1. The Labute approximate surface area is 121 Å². The van der Waals surface area contributed by atoms with Gasteiger partial charge in [0, 0.05) is 23.2 Å². The molecule has 1 aromatic heterocycles. The van der Waals surface area contributed by atoms with Gasteiger partial charge in [0.05, 0.1) is 11.6 Å². The molecule has 0 spiro atoms. The first-order valence-electron chi connectivity index (χ1n) is 5.41. The lowest BCUT2D eigenvalue weighted by atomic mass is 10.2. The molecule has 0 aliphatic heterocycles. The molecule has 5 heteroatoms. The second-order valence-electron chi connectivity index (χ2n) is 3.96. The molecule has 0 atom stereocenters. The third-order valence-corrected chi connectivity index (χ3v) is 4.03. The SMILES string of the molecule is CN(Cc1cccs1)c1ccc(C(N)=S)c(Cl)c1. The van der Waals surface area contributed by atoms with Crippen LogP contribution in [0.5, 0.6) is 0 Å². The number of halogens is 1. The lowest BCUT2D eigenvalue weighted by Crippen LogP contribution is -2.16. The van der Waals surface area contributed by atoms with Crippen molar-refractivity contribution in [2.75, 3.05) is 11.9 Å². The standard InChI is InChI=1S/C13H13ClN2S2/c1-16(8-10-3-2-6-18-10)9-4-5-11(13(15)17)12(14)7-9/h2-7H,8H2,1H3,(H2,15,17). The van der Waals surface area contributed by atoms with Crippen LogP contribution in [0, 0.1) is 0 Å². The number of thiocarbonyl (C=S) groups is 1. The molecule has 0 unspecified atom stereocenters. The normalized spacial score (nSPS) is 10.3. The highest BCUT2D eigenvalue weighted by Gasteiger charge is 2.08. The van der Waals surface area contributed by atoms with Crippen molar-refractivity contribution in [3.63, 3.8) is 0 Å². The van der Waals surface area contributed by atoms with Gasteiger partial charge in [0.2, 0.25) is 0 Å². The van der Waals surface area contributed by atoms with E-state index in [2.05, 4.69) is 22.4 Å². The zero-order valence-electron chi connectivity index (χ0n) is 9.89. The van der Waals surface area contributed by atoms with Crippen molar-refractivity contribution in [1.29, 1.82) is 0 Å². The molecular formula is C13H13ClN2S2. The molecule has 0 aliphatic carbocycles. The third kappa shape index (κ3) is 3.02. The fourth-order valence-electron chi connectivity index (χ4n) is 1.67. The van der Waals surface area contributed by atoms with Crippen molar-refractivity contribution in [1.82, 2.24) is 0 Å². The molecule has 0 saturated heterocycles. The smallest absolute Gasteiger partial charge is 0.105 e. The van der Waals surface area contributed by atoms with Gasteiger partial charge >= 0.3 is 0 Å². The van der Waals surface area contributed by atoms with E-state index in [0.717, 1.165) is 17.8 Å². The van der Waals surface area contributed by atoms with Crippen LogP contribution in [0.1, 0.15) is 10.4 Å². The summed E-state index contributed by atoms with van der Waals surface area (Å²) < 4.78 is 0. The monoisotopic (exact) mass is 296 g/mol. The summed E-state index contributed by atoms with van der Waals surface area (Å²) in [6.07, 6.45) is 0. The van der Waals surface area contributed by atoms with Gasteiger partial charge in [-0.2, -0.15) is 0 Å². The van der Waals surface area contributed by atoms with Crippen molar-refractivity contribution in [2.45, 2.75) is 6.54 Å². The Kier molecular flexibility index (Phi) is 4.22. The minimum atomic E-state index is 0.326. The number of anilines is 1.